The van der Waals surface area contributed by atoms with E-state index in [1.54, 1.807) is 113 Å². The van der Waals surface area contributed by atoms with E-state index in [0.29, 0.717) is 130 Å². The minimum absolute atomic E-state index is 0. The Bertz CT molecular complexity index is 2340. The number of nitrogens with two attached hydrogens (primary N) is 1. The lowest BCUT2D eigenvalue weighted by Gasteiger charge is -2.20. The zero-order valence-corrected chi connectivity index (χ0v) is 67.2. The van der Waals surface area contributed by atoms with E-state index in [4.69, 9.17) is 110 Å². The molecule has 0 aromatic carbocycles. The van der Waals surface area contributed by atoms with Gasteiger partial charge in [-0.25, -0.2) is 33.6 Å². The van der Waals surface area contributed by atoms with Crippen LogP contribution in [0.15, 0.2) is 0 Å². The molecular formula is C65H127IN6O35. The summed E-state index contributed by atoms with van der Waals surface area (Å²) >= 11 is 1.78. The van der Waals surface area contributed by atoms with Crippen molar-refractivity contribution in [2.24, 2.45) is 5.73 Å². The van der Waals surface area contributed by atoms with Crippen LogP contribution < -0.4 is 21.7 Å². The van der Waals surface area contributed by atoms with Crippen molar-refractivity contribution < 1.29 is 173 Å². The SMILES string of the molecule is CC(C)(C)OC(=O)NCCOCCOCCO.CC(C)(C)OC(=O)NCCOCCOCCOCC(=O)O.CC(C)(C)OC(=O)NCCOCCOCCOCC(=O)ON1C(=O)CCC1=O.CC(C)(C)OC(=O)OC(=O)OC(C)(C)C.CCO.NCCOCCOCCO.O=C(O)CI.O=C1CCC(=O)N1O.[3HH].[3H][3H]. The summed E-state index contributed by atoms with van der Waals surface area (Å²) in [6, 6.07) is 0. The van der Waals surface area contributed by atoms with Gasteiger partial charge in [0.1, 0.15) is 41.2 Å². The topological polar surface area (TPSA) is 552 Å². The van der Waals surface area contributed by atoms with Crippen LogP contribution in [0.5, 0.6) is 0 Å². The third kappa shape index (κ3) is 95.4. The summed E-state index contributed by atoms with van der Waals surface area (Å²) in [5.41, 5.74) is 2.24. The summed E-state index contributed by atoms with van der Waals surface area (Å²) in [6.07, 6.45) is -3.16. The Balaban J connectivity index is -0.000000190. The predicted molar refractivity (Wildman–Crippen MR) is 389 cm³/mol. The fourth-order valence-corrected chi connectivity index (χ4v) is 5.63. The lowest BCUT2D eigenvalue weighted by molar-refractivity contribution is -0.200. The standard InChI is InChI=1S/C17H28N2O9.C13H25NO7.C11H23NO5.C10H18O5.C6H15NO3.C4H5NO3.C2H3IO2.C2H6O.2H2/c1-17(2,3)27-16(23)18-6-7-24-8-9-25-10-11-26-12-15(22)28-19-13(20)4-5-14(19)21;1-13(2,3)21-12(17)14-4-5-18-6-7-19-8-9-20-10-11(15)16;1-11(2,3)17-10(14)12-4-6-15-8-9-16-7-5-13;1-9(2,3)14-7(11)13-8(12)15-10(4,5)6;7-1-3-9-5-6-10-4-2-8;6-3-1-2-4(7)5(3)8;3-1-2(4)5;1-2-3;;/h4-12H2,1-3H3,(H,18,23);4-10H2,1-3H3,(H,14,17)(H,15,16);13H,4-9H2,1-3H3,(H,12,14);1-6H3;8H,1-7H2;8H,1-2H2;1H2,(H,4,5);3H,2H2,1H3;2*1H/i;;;;;;;;1+2T;1+2. The van der Waals surface area contributed by atoms with Gasteiger partial charge < -0.3 is 128 Å². The van der Waals surface area contributed by atoms with Gasteiger partial charge in [0.15, 0.2) is 0 Å². The highest BCUT2D eigenvalue weighted by Crippen LogP contribution is 2.14. The smallest absolute Gasteiger partial charge is 0.481 e. The van der Waals surface area contributed by atoms with Crippen LogP contribution in [0.3, 0.4) is 0 Å². The summed E-state index contributed by atoms with van der Waals surface area (Å²) < 4.78 is 90.0. The number of hydrogen-bond acceptors (Lipinski definition) is 34. The number of alkyl carbamates (subject to hydrolysis) is 3. The fraction of sp³-hybridized carbons (Fsp3) is 0.815. The monoisotopic (exact) mass is 1680 g/mol. The first-order valence-electron chi connectivity index (χ1n) is 34.7. The maximum Gasteiger partial charge on any atom is 0.519 e. The van der Waals surface area contributed by atoms with E-state index in [0.717, 1.165) is 0 Å². The van der Waals surface area contributed by atoms with Gasteiger partial charge >= 0.3 is 48.5 Å². The van der Waals surface area contributed by atoms with Crippen LogP contribution in [-0.4, -0.2) is 324 Å². The Morgan fingerprint density at radius 3 is 0.916 bits per heavy atom. The number of halogens is 1. The number of nitrogens with zero attached hydrogens (tertiary/aromatic N) is 2. The molecule has 0 spiro atoms. The Kier molecular flexibility index (Phi) is 71.1. The Morgan fingerprint density at radius 1 is 0.421 bits per heavy atom. The van der Waals surface area contributed by atoms with Gasteiger partial charge in [0, 0.05) is 62.9 Å². The average Bonchev–Trinajstić information content (AvgIpc) is 1.72. The average molecular weight is 1690 g/mol. The molecule has 634 valence electrons. The molecule has 0 bridgehead atoms. The largest absolute Gasteiger partial charge is 0.519 e. The molecule has 42 heteroatoms. The number of carbonyl (C=O) groups excluding carboxylic acids is 10. The van der Waals surface area contributed by atoms with E-state index in [1.807, 2.05) is 20.8 Å². The molecule has 0 aromatic heterocycles. The number of aliphatic hydroxyl groups is 3. The van der Waals surface area contributed by atoms with Gasteiger partial charge in [0.25, 0.3) is 23.6 Å². The summed E-state index contributed by atoms with van der Waals surface area (Å²) in [6.45, 7) is 35.7. The minimum Gasteiger partial charge on any atom is -0.481 e. The number of alkyl halides is 1. The maximum atomic E-state index is 11.5. The number of rotatable bonds is 39. The number of aliphatic carboxylic acids is 2. The molecule has 0 atom stereocenters. The zero-order valence-electron chi connectivity index (χ0n) is 67.0. The van der Waals surface area contributed by atoms with Crippen molar-refractivity contribution in [1.82, 2.24) is 26.1 Å². The van der Waals surface area contributed by atoms with Gasteiger partial charge in [-0.05, 0) is 111 Å². The van der Waals surface area contributed by atoms with Crippen LogP contribution in [-0.2, 0) is 114 Å². The van der Waals surface area contributed by atoms with Gasteiger partial charge in [-0.15, -0.1) is 5.06 Å². The summed E-state index contributed by atoms with van der Waals surface area (Å²) in [5, 5.41) is 57.1. The summed E-state index contributed by atoms with van der Waals surface area (Å²) in [7, 11) is 0. The van der Waals surface area contributed by atoms with Crippen molar-refractivity contribution in [1.29, 1.82) is 0 Å². The number of carbonyl (C=O) groups is 12. The van der Waals surface area contributed by atoms with Crippen molar-refractivity contribution >= 4 is 94.7 Å². The molecule has 2 aliphatic heterocycles. The van der Waals surface area contributed by atoms with Gasteiger partial charge in [0.2, 0.25) is 0 Å². The first-order chi connectivity index (χ1) is 50.8. The molecule has 2 rings (SSSR count). The molecule has 0 unspecified atom stereocenters. The lowest BCUT2D eigenvalue weighted by Crippen LogP contribution is -2.34. The second kappa shape index (κ2) is 69.8. The molecule has 2 heterocycles. The highest BCUT2D eigenvalue weighted by Gasteiger charge is 2.33. The van der Waals surface area contributed by atoms with Crippen molar-refractivity contribution in [2.45, 2.75) is 164 Å². The molecular weight excluding hydrogens is 1550 g/mol. The summed E-state index contributed by atoms with van der Waals surface area (Å²) in [5.74, 6) is -4.68. The number of amides is 7. The molecule has 2 aliphatic rings. The second-order valence-corrected chi connectivity index (χ2v) is 26.2. The Hall–Kier alpha value is -6.63. The van der Waals surface area contributed by atoms with E-state index in [1.165, 1.54) is 0 Å². The number of carboxylic acid groups (broad SMARTS) is 2. The van der Waals surface area contributed by atoms with E-state index in [-0.39, 0.29) is 82.8 Å². The maximum absolute atomic E-state index is 11.5. The quantitative estimate of drug-likeness (QED) is 0.00613. The number of ether oxygens (including phenoxy) is 16. The predicted octanol–water partition coefficient (Wildman–Crippen LogP) is 3.72. The molecule has 0 aliphatic carbocycles. The molecule has 0 radical (unpaired) electrons. The minimum atomic E-state index is -1.06. The fourth-order valence-electron chi connectivity index (χ4n) is 5.63. The summed E-state index contributed by atoms with van der Waals surface area (Å²) in [4.78, 5) is 134. The normalized spacial score (nSPS) is 12.5. The highest BCUT2D eigenvalue weighted by atomic mass is 127. The van der Waals surface area contributed by atoms with Gasteiger partial charge in [-0.2, -0.15) is 5.06 Å². The van der Waals surface area contributed by atoms with Gasteiger partial charge in [-0.1, -0.05) is 22.6 Å². The highest BCUT2D eigenvalue weighted by molar-refractivity contribution is 14.1. The van der Waals surface area contributed by atoms with Crippen LogP contribution in [0, 0.1) is 0 Å². The van der Waals surface area contributed by atoms with Crippen molar-refractivity contribution in [2.75, 3.05) is 183 Å². The van der Waals surface area contributed by atoms with Crippen molar-refractivity contribution in [3.63, 3.8) is 0 Å². The van der Waals surface area contributed by atoms with E-state index < -0.39 is 107 Å². The Morgan fingerprint density at radius 2 is 0.673 bits per heavy atom. The Labute approximate surface area is 644 Å². The van der Waals surface area contributed by atoms with E-state index >= 15 is 0 Å². The van der Waals surface area contributed by atoms with E-state index in [2.05, 4.69) is 25.5 Å². The van der Waals surface area contributed by atoms with Gasteiger partial charge in [0.05, 0.1) is 137 Å². The first-order valence-corrected chi connectivity index (χ1v) is 35.2. The third-order valence-corrected chi connectivity index (χ3v) is 10.1. The number of carboxylic acids is 2. The molecule has 11 N–H and O–H groups in total. The van der Waals surface area contributed by atoms with E-state index in [9.17, 15) is 57.5 Å². The van der Waals surface area contributed by atoms with Crippen molar-refractivity contribution in [3.8, 4) is 0 Å². The molecule has 0 aromatic rings. The van der Waals surface area contributed by atoms with Crippen molar-refractivity contribution in [3.05, 3.63) is 0 Å². The third-order valence-electron chi connectivity index (χ3n) is 9.44. The van der Waals surface area contributed by atoms with Gasteiger partial charge in [-0.3, -0.25) is 29.2 Å². The van der Waals surface area contributed by atoms with Crippen LogP contribution in [0.4, 0.5) is 24.0 Å². The number of hydroxylamine groups is 4. The van der Waals surface area contributed by atoms with Crippen LogP contribution in [0.1, 0.15) is 141 Å². The molecule has 41 nitrogen and oxygen atoms in total. The van der Waals surface area contributed by atoms with Crippen LogP contribution >= 0.6 is 22.6 Å². The van der Waals surface area contributed by atoms with Crippen LogP contribution in [0.25, 0.3) is 0 Å². The number of nitrogens with one attached hydrogen (secondary N) is 3. The number of aliphatic hydroxyl groups excluding tert-OH is 3. The molecule has 2 saturated heterocycles. The molecule has 2 fully saturated rings. The molecule has 0 saturated carbocycles. The first kappa shape index (κ1) is 109. The lowest BCUT2D eigenvalue weighted by atomic mass is 10.2. The molecule has 7 amide bonds. The number of imide groups is 2. The van der Waals surface area contributed by atoms with Crippen LogP contribution in [0.2, 0.25) is 0 Å². The molecule has 107 heavy (non-hydrogen) atoms. The zero-order chi connectivity index (χ0) is 85.4. The second-order valence-electron chi connectivity index (χ2n) is 25.4. The number of hydrogen-bond donors (Lipinski definition) is 10.